The monoisotopic (exact) mass is 473 g/mol. The lowest BCUT2D eigenvalue weighted by Gasteiger charge is -2.11. The van der Waals surface area contributed by atoms with Crippen molar-refractivity contribution < 1.29 is 0 Å². The lowest BCUT2D eigenvalue weighted by Crippen LogP contribution is -1.97. The standard InChI is InChI=1S/C34H23N3/c1-4-13-24(14-5-1)29-23-30(25-15-6-2-7-16-25)36-34(35-29)28-20-12-22-32-33(28)27-19-10-11-21-31(27)37(32)26-17-8-3-9-18-26/h1-23H. The molecule has 0 fully saturated rings. The number of rotatable bonds is 4. The first-order valence-electron chi connectivity index (χ1n) is 12.4. The quantitative estimate of drug-likeness (QED) is 0.256. The van der Waals surface area contributed by atoms with E-state index in [1.807, 2.05) is 36.4 Å². The molecule has 0 unspecified atom stereocenters. The van der Waals surface area contributed by atoms with Crippen LogP contribution in [0.25, 0.3) is 61.4 Å². The van der Waals surface area contributed by atoms with Gasteiger partial charge in [-0.05, 0) is 30.3 Å². The van der Waals surface area contributed by atoms with Crippen LogP contribution in [0.5, 0.6) is 0 Å². The molecule has 0 spiro atoms. The fourth-order valence-electron chi connectivity index (χ4n) is 5.14. The molecule has 2 heterocycles. The Balaban J connectivity index is 1.55. The molecule has 37 heavy (non-hydrogen) atoms. The molecule has 0 aliphatic carbocycles. The summed E-state index contributed by atoms with van der Waals surface area (Å²) in [6.45, 7) is 0. The van der Waals surface area contributed by atoms with Crippen LogP contribution < -0.4 is 0 Å². The molecule has 0 aliphatic rings. The SMILES string of the molecule is c1ccc(-c2cc(-c3ccccc3)nc(-c3cccc4c3c3ccccc3n4-c3ccccc3)n2)cc1. The molecule has 7 aromatic rings. The third-order valence-electron chi connectivity index (χ3n) is 6.82. The molecule has 3 nitrogen and oxygen atoms in total. The average Bonchev–Trinajstić information content (AvgIpc) is 3.33. The first-order chi connectivity index (χ1) is 18.4. The van der Waals surface area contributed by atoms with Gasteiger partial charge in [0.2, 0.25) is 0 Å². The highest BCUT2D eigenvalue weighted by molar-refractivity contribution is 6.15. The highest BCUT2D eigenvalue weighted by Crippen LogP contribution is 2.38. The molecule has 0 N–H and O–H groups in total. The van der Waals surface area contributed by atoms with E-state index in [1.54, 1.807) is 0 Å². The predicted molar refractivity (Wildman–Crippen MR) is 153 cm³/mol. The van der Waals surface area contributed by atoms with Crippen LogP contribution in [0.2, 0.25) is 0 Å². The zero-order chi connectivity index (χ0) is 24.6. The third kappa shape index (κ3) is 3.69. The summed E-state index contributed by atoms with van der Waals surface area (Å²) in [5.41, 5.74) is 8.43. The Kier molecular flexibility index (Phi) is 5.11. The van der Waals surface area contributed by atoms with Gasteiger partial charge in [0, 0.05) is 33.2 Å². The van der Waals surface area contributed by atoms with E-state index in [-0.39, 0.29) is 0 Å². The Bertz CT molecular complexity index is 1800. The fourth-order valence-corrected chi connectivity index (χ4v) is 5.14. The molecular formula is C34H23N3. The number of hydrogen-bond acceptors (Lipinski definition) is 2. The van der Waals surface area contributed by atoms with Crippen molar-refractivity contribution in [2.45, 2.75) is 0 Å². The Labute approximate surface area is 215 Å². The highest BCUT2D eigenvalue weighted by Gasteiger charge is 2.18. The number of hydrogen-bond donors (Lipinski definition) is 0. The summed E-state index contributed by atoms with van der Waals surface area (Å²) in [6.07, 6.45) is 0. The van der Waals surface area contributed by atoms with Gasteiger partial charge < -0.3 is 4.57 Å². The van der Waals surface area contributed by atoms with Gasteiger partial charge in [-0.25, -0.2) is 9.97 Å². The molecule has 2 aromatic heterocycles. The molecule has 5 aromatic carbocycles. The summed E-state index contributed by atoms with van der Waals surface area (Å²) in [6, 6.07) is 48.3. The van der Waals surface area contributed by atoms with Crippen LogP contribution in [-0.2, 0) is 0 Å². The van der Waals surface area contributed by atoms with E-state index in [1.165, 1.54) is 10.9 Å². The van der Waals surface area contributed by atoms with Gasteiger partial charge in [-0.1, -0.05) is 109 Å². The molecular weight excluding hydrogens is 450 g/mol. The predicted octanol–water partition coefficient (Wildman–Crippen LogP) is 8.57. The van der Waals surface area contributed by atoms with Crippen LogP contribution >= 0.6 is 0 Å². The maximum atomic E-state index is 5.12. The Hall–Kier alpha value is -5.02. The number of benzene rings is 5. The van der Waals surface area contributed by atoms with E-state index in [9.17, 15) is 0 Å². The van der Waals surface area contributed by atoms with E-state index in [4.69, 9.17) is 9.97 Å². The van der Waals surface area contributed by atoms with Gasteiger partial charge in [0.05, 0.1) is 22.4 Å². The maximum Gasteiger partial charge on any atom is 0.161 e. The molecule has 174 valence electrons. The van der Waals surface area contributed by atoms with Crippen LogP contribution in [0.1, 0.15) is 0 Å². The minimum atomic E-state index is 0.724. The number of para-hydroxylation sites is 2. The van der Waals surface area contributed by atoms with Crippen molar-refractivity contribution in [3.63, 3.8) is 0 Å². The first kappa shape index (κ1) is 21.3. The normalized spacial score (nSPS) is 11.2. The zero-order valence-electron chi connectivity index (χ0n) is 20.1. The lowest BCUT2D eigenvalue weighted by atomic mass is 10.0. The molecule has 3 heteroatoms. The third-order valence-corrected chi connectivity index (χ3v) is 6.82. The summed E-state index contributed by atoms with van der Waals surface area (Å²) in [4.78, 5) is 10.2. The smallest absolute Gasteiger partial charge is 0.161 e. The molecule has 0 bridgehead atoms. The summed E-state index contributed by atoms with van der Waals surface area (Å²) in [7, 11) is 0. The lowest BCUT2D eigenvalue weighted by molar-refractivity contribution is 1.17. The Morgan fingerprint density at radius 3 is 1.65 bits per heavy atom. The van der Waals surface area contributed by atoms with E-state index in [0.29, 0.717) is 0 Å². The van der Waals surface area contributed by atoms with Crippen molar-refractivity contribution in [2.75, 3.05) is 0 Å². The van der Waals surface area contributed by atoms with E-state index in [2.05, 4.69) is 108 Å². The topological polar surface area (TPSA) is 30.7 Å². The summed E-state index contributed by atoms with van der Waals surface area (Å²) in [5.74, 6) is 0.724. The van der Waals surface area contributed by atoms with Crippen LogP contribution in [0.15, 0.2) is 140 Å². The Morgan fingerprint density at radius 1 is 0.459 bits per heavy atom. The highest BCUT2D eigenvalue weighted by atomic mass is 15.0. The first-order valence-corrected chi connectivity index (χ1v) is 12.4. The van der Waals surface area contributed by atoms with Crippen molar-refractivity contribution in [3.05, 3.63) is 140 Å². The van der Waals surface area contributed by atoms with Gasteiger partial charge in [-0.2, -0.15) is 0 Å². The average molecular weight is 474 g/mol. The molecule has 0 radical (unpaired) electrons. The van der Waals surface area contributed by atoms with Crippen molar-refractivity contribution in [1.29, 1.82) is 0 Å². The van der Waals surface area contributed by atoms with Crippen LogP contribution in [0.3, 0.4) is 0 Å². The van der Waals surface area contributed by atoms with Gasteiger partial charge in [-0.3, -0.25) is 0 Å². The van der Waals surface area contributed by atoms with Crippen molar-refractivity contribution in [1.82, 2.24) is 14.5 Å². The van der Waals surface area contributed by atoms with Crippen LogP contribution in [0, 0.1) is 0 Å². The number of aromatic nitrogens is 3. The summed E-state index contributed by atoms with van der Waals surface area (Å²) < 4.78 is 2.33. The maximum absolute atomic E-state index is 5.12. The molecule has 0 saturated heterocycles. The van der Waals surface area contributed by atoms with Gasteiger partial charge in [0.1, 0.15) is 0 Å². The Morgan fingerprint density at radius 2 is 1.00 bits per heavy atom. The van der Waals surface area contributed by atoms with Crippen molar-refractivity contribution in [2.24, 2.45) is 0 Å². The fraction of sp³-hybridized carbons (Fsp3) is 0. The summed E-state index contributed by atoms with van der Waals surface area (Å²) in [5, 5.41) is 2.35. The van der Waals surface area contributed by atoms with Gasteiger partial charge in [-0.15, -0.1) is 0 Å². The second-order valence-corrected chi connectivity index (χ2v) is 9.08. The number of nitrogens with zero attached hydrogens (tertiary/aromatic N) is 3. The molecule has 0 amide bonds. The van der Waals surface area contributed by atoms with Crippen LogP contribution in [-0.4, -0.2) is 14.5 Å². The van der Waals surface area contributed by atoms with Gasteiger partial charge >= 0.3 is 0 Å². The van der Waals surface area contributed by atoms with E-state index in [0.717, 1.165) is 50.5 Å². The van der Waals surface area contributed by atoms with E-state index >= 15 is 0 Å². The molecule has 7 rings (SSSR count). The van der Waals surface area contributed by atoms with Crippen molar-refractivity contribution in [3.8, 4) is 39.6 Å². The summed E-state index contributed by atoms with van der Waals surface area (Å²) >= 11 is 0. The van der Waals surface area contributed by atoms with Crippen molar-refractivity contribution >= 4 is 21.8 Å². The number of fused-ring (bicyclic) bond motifs is 3. The minimum Gasteiger partial charge on any atom is -0.309 e. The van der Waals surface area contributed by atoms with Gasteiger partial charge in [0.25, 0.3) is 0 Å². The minimum absolute atomic E-state index is 0.724. The molecule has 0 saturated carbocycles. The van der Waals surface area contributed by atoms with E-state index < -0.39 is 0 Å². The molecule has 0 aliphatic heterocycles. The van der Waals surface area contributed by atoms with Gasteiger partial charge in [0.15, 0.2) is 5.82 Å². The zero-order valence-corrected chi connectivity index (χ0v) is 20.1. The second kappa shape index (κ2) is 8.89. The second-order valence-electron chi connectivity index (χ2n) is 9.08. The van der Waals surface area contributed by atoms with Crippen LogP contribution in [0.4, 0.5) is 0 Å². The molecule has 0 atom stereocenters. The largest absolute Gasteiger partial charge is 0.309 e.